The van der Waals surface area contributed by atoms with Crippen molar-refractivity contribution in [3.8, 4) is 0 Å². The monoisotopic (exact) mass is 348 g/mol. The van der Waals surface area contributed by atoms with Crippen LogP contribution in [0.1, 0.15) is 17.4 Å². The molecule has 7 heteroatoms. The van der Waals surface area contributed by atoms with Crippen molar-refractivity contribution in [2.75, 3.05) is 37.7 Å². The highest BCUT2D eigenvalue weighted by Gasteiger charge is 2.27. The van der Waals surface area contributed by atoms with Crippen molar-refractivity contribution in [3.05, 3.63) is 22.4 Å². The molecule has 4 nitrogen and oxygen atoms in total. The van der Waals surface area contributed by atoms with Crippen LogP contribution in [0, 0.1) is 0 Å². The van der Waals surface area contributed by atoms with E-state index in [0.29, 0.717) is 25.6 Å². The van der Waals surface area contributed by atoms with Crippen molar-refractivity contribution in [1.82, 2.24) is 10.2 Å². The second-order valence-corrected chi connectivity index (χ2v) is 7.27. The Morgan fingerprint density at radius 1 is 1.52 bits per heavy atom. The molecular weight excluding hydrogens is 328 g/mol. The van der Waals surface area contributed by atoms with Gasteiger partial charge < -0.3 is 15.0 Å². The smallest absolute Gasteiger partial charge is 0.224 e. The largest absolute Gasteiger partial charge is 0.369 e. The summed E-state index contributed by atoms with van der Waals surface area (Å²) in [6, 6.07) is 4.46. The van der Waals surface area contributed by atoms with Crippen LogP contribution in [0.25, 0.3) is 0 Å². The fourth-order valence-electron chi connectivity index (χ4n) is 2.61. The fourth-order valence-corrected chi connectivity index (χ4v) is 4.33. The van der Waals surface area contributed by atoms with Crippen molar-refractivity contribution < 1.29 is 9.53 Å². The number of hydrogen-bond acceptors (Lipinski definition) is 5. The van der Waals surface area contributed by atoms with E-state index in [9.17, 15) is 4.79 Å². The van der Waals surface area contributed by atoms with Crippen molar-refractivity contribution in [1.29, 1.82) is 0 Å². The molecule has 1 aromatic heterocycles. The number of nitrogens with one attached hydrogen (secondary N) is 1. The van der Waals surface area contributed by atoms with Gasteiger partial charge in [-0.05, 0) is 11.4 Å². The highest BCUT2D eigenvalue weighted by Crippen LogP contribution is 2.26. The lowest BCUT2D eigenvalue weighted by Crippen LogP contribution is -2.46. The topological polar surface area (TPSA) is 41.6 Å². The molecule has 0 aliphatic carbocycles. The van der Waals surface area contributed by atoms with Gasteiger partial charge in [0.25, 0.3) is 0 Å². The lowest BCUT2D eigenvalue weighted by atomic mass is 10.1. The third-order valence-corrected chi connectivity index (χ3v) is 5.79. The number of nitrogens with zero attached hydrogens (tertiary/aromatic N) is 1. The number of ether oxygens (including phenoxy) is 1. The zero-order valence-corrected chi connectivity index (χ0v) is 14.3. The number of thioether (sulfide) groups is 1. The number of hydrogen-bond donors (Lipinski definition) is 1. The van der Waals surface area contributed by atoms with Gasteiger partial charge in [0, 0.05) is 41.9 Å². The Kier molecular flexibility index (Phi) is 6.82. The number of halogens is 1. The average molecular weight is 349 g/mol. The molecule has 1 N–H and O–H groups in total. The molecule has 118 valence electrons. The van der Waals surface area contributed by atoms with E-state index in [-0.39, 0.29) is 24.4 Å². The van der Waals surface area contributed by atoms with E-state index in [1.54, 1.807) is 11.3 Å². The lowest BCUT2D eigenvalue weighted by Gasteiger charge is -2.34. The van der Waals surface area contributed by atoms with Crippen LogP contribution in [0.3, 0.4) is 0 Å². The van der Waals surface area contributed by atoms with Gasteiger partial charge in [0.1, 0.15) is 6.10 Å². The summed E-state index contributed by atoms with van der Waals surface area (Å²) < 4.78 is 5.79. The Hall–Kier alpha value is -0.270. The van der Waals surface area contributed by atoms with Gasteiger partial charge in [0.2, 0.25) is 5.91 Å². The first-order valence-electron chi connectivity index (χ1n) is 7.07. The summed E-state index contributed by atoms with van der Waals surface area (Å²) in [4.78, 5) is 15.6. The van der Waals surface area contributed by atoms with Crippen LogP contribution < -0.4 is 5.32 Å². The molecule has 3 rings (SSSR count). The molecule has 2 aliphatic heterocycles. The van der Waals surface area contributed by atoms with E-state index < -0.39 is 0 Å². The van der Waals surface area contributed by atoms with Gasteiger partial charge in [-0.1, -0.05) is 6.07 Å². The molecule has 0 bridgehead atoms. The maximum absolute atomic E-state index is 12.4. The van der Waals surface area contributed by atoms with Gasteiger partial charge in [-0.3, -0.25) is 4.79 Å². The summed E-state index contributed by atoms with van der Waals surface area (Å²) in [6.45, 7) is 3.07. The highest BCUT2D eigenvalue weighted by molar-refractivity contribution is 7.99. The Morgan fingerprint density at radius 3 is 3.14 bits per heavy atom. The normalized spacial score (nSPS) is 26.2. The molecule has 0 aromatic carbocycles. The van der Waals surface area contributed by atoms with Crippen LogP contribution in [-0.4, -0.2) is 54.6 Å². The van der Waals surface area contributed by atoms with Crippen molar-refractivity contribution in [3.63, 3.8) is 0 Å². The number of thiophene rings is 1. The molecule has 0 saturated carbocycles. The Balaban J connectivity index is 0.00000161. The number of carbonyl (C=O) groups is 1. The van der Waals surface area contributed by atoms with E-state index in [0.717, 1.165) is 24.6 Å². The van der Waals surface area contributed by atoms with Crippen molar-refractivity contribution >= 4 is 41.4 Å². The first-order chi connectivity index (χ1) is 9.83. The van der Waals surface area contributed by atoms with Crippen LogP contribution in [0.15, 0.2) is 17.5 Å². The molecule has 1 aromatic rings. The predicted molar refractivity (Wildman–Crippen MR) is 90.6 cm³/mol. The van der Waals surface area contributed by atoms with Gasteiger partial charge in [-0.2, -0.15) is 11.8 Å². The number of carbonyl (C=O) groups excluding carboxylic acids is 1. The summed E-state index contributed by atoms with van der Waals surface area (Å²) in [5.74, 6) is 2.46. The summed E-state index contributed by atoms with van der Waals surface area (Å²) >= 11 is 3.63. The van der Waals surface area contributed by atoms with Crippen LogP contribution in [-0.2, 0) is 9.53 Å². The predicted octanol–water partition coefficient (Wildman–Crippen LogP) is 2.16. The van der Waals surface area contributed by atoms with Crippen molar-refractivity contribution in [2.24, 2.45) is 0 Å². The molecule has 2 aliphatic rings. The van der Waals surface area contributed by atoms with Gasteiger partial charge in [0.15, 0.2) is 0 Å². The first kappa shape index (κ1) is 17.1. The fraction of sp³-hybridized carbons (Fsp3) is 0.643. The summed E-state index contributed by atoms with van der Waals surface area (Å²) in [5, 5.41) is 5.49. The summed E-state index contributed by atoms with van der Waals surface area (Å²) in [7, 11) is 0. The molecule has 2 unspecified atom stereocenters. The second kappa shape index (κ2) is 8.39. The molecule has 0 spiro atoms. The van der Waals surface area contributed by atoms with Crippen molar-refractivity contribution in [2.45, 2.75) is 18.6 Å². The van der Waals surface area contributed by atoms with E-state index in [2.05, 4.69) is 16.8 Å². The SMILES string of the molecule is Cl.O=C(CC1CSCCN1)N1CCOC(c2cccs2)C1. The highest BCUT2D eigenvalue weighted by atomic mass is 35.5. The minimum absolute atomic E-state index is 0. The summed E-state index contributed by atoms with van der Waals surface area (Å²) in [5.41, 5.74) is 0. The van der Waals surface area contributed by atoms with Gasteiger partial charge in [0.05, 0.1) is 13.2 Å². The zero-order valence-electron chi connectivity index (χ0n) is 11.8. The van der Waals surface area contributed by atoms with Gasteiger partial charge >= 0.3 is 0 Å². The van der Waals surface area contributed by atoms with Crippen LogP contribution >= 0.6 is 35.5 Å². The minimum Gasteiger partial charge on any atom is -0.369 e. The molecule has 0 radical (unpaired) electrons. The minimum atomic E-state index is 0. The molecule has 2 fully saturated rings. The van der Waals surface area contributed by atoms with Crippen LogP contribution in [0.2, 0.25) is 0 Å². The second-order valence-electron chi connectivity index (χ2n) is 5.14. The quantitative estimate of drug-likeness (QED) is 0.909. The van der Waals surface area contributed by atoms with Gasteiger partial charge in [-0.25, -0.2) is 0 Å². The third kappa shape index (κ3) is 4.60. The maximum Gasteiger partial charge on any atom is 0.224 e. The molecular formula is C14H21ClN2O2S2. The number of rotatable bonds is 3. The molecule has 2 atom stereocenters. The van der Waals surface area contributed by atoms with E-state index in [1.165, 1.54) is 4.88 Å². The number of morpholine rings is 1. The van der Waals surface area contributed by atoms with Crippen LogP contribution in [0.5, 0.6) is 0 Å². The zero-order chi connectivity index (χ0) is 13.8. The van der Waals surface area contributed by atoms with E-state index in [1.807, 2.05) is 22.7 Å². The molecule has 1 amide bonds. The first-order valence-corrected chi connectivity index (χ1v) is 9.10. The summed E-state index contributed by atoms with van der Waals surface area (Å²) in [6.07, 6.45) is 0.672. The van der Waals surface area contributed by atoms with E-state index >= 15 is 0 Å². The van der Waals surface area contributed by atoms with Crippen LogP contribution in [0.4, 0.5) is 0 Å². The standard InChI is InChI=1S/C14H20N2O2S2.ClH/c17-14(8-11-10-19-7-3-15-11)16-4-5-18-12(9-16)13-2-1-6-20-13;/h1-2,6,11-12,15H,3-5,7-10H2;1H. The Bertz CT molecular complexity index is 438. The lowest BCUT2D eigenvalue weighted by molar-refractivity contribution is -0.139. The molecule has 21 heavy (non-hydrogen) atoms. The molecule has 2 saturated heterocycles. The maximum atomic E-state index is 12.4. The number of amides is 1. The molecule has 3 heterocycles. The van der Waals surface area contributed by atoms with Gasteiger partial charge in [-0.15, -0.1) is 23.7 Å². The Morgan fingerprint density at radius 2 is 2.43 bits per heavy atom. The third-order valence-electron chi connectivity index (χ3n) is 3.70. The van der Waals surface area contributed by atoms with E-state index in [4.69, 9.17) is 4.74 Å². The Labute approximate surface area is 140 Å². The average Bonchev–Trinajstić information content (AvgIpc) is 3.03.